The summed E-state index contributed by atoms with van der Waals surface area (Å²) >= 11 is 0. The lowest BCUT2D eigenvalue weighted by Crippen LogP contribution is -2.48. The van der Waals surface area contributed by atoms with E-state index in [9.17, 15) is 9.59 Å². The first-order chi connectivity index (χ1) is 13.7. The molecule has 1 saturated carbocycles. The first-order valence-electron chi connectivity index (χ1n) is 10.4. The van der Waals surface area contributed by atoms with Gasteiger partial charge in [-0.2, -0.15) is 0 Å². The van der Waals surface area contributed by atoms with Crippen molar-refractivity contribution in [2.24, 2.45) is 17.6 Å². The second-order valence-electron chi connectivity index (χ2n) is 7.98. The van der Waals surface area contributed by atoms with Crippen LogP contribution >= 0.6 is 0 Å². The number of hydrogen-bond acceptors (Lipinski definition) is 5. The zero-order valence-electron chi connectivity index (χ0n) is 16.2. The van der Waals surface area contributed by atoms with Gasteiger partial charge >= 0.3 is 0 Å². The van der Waals surface area contributed by atoms with Crippen molar-refractivity contribution in [1.82, 2.24) is 5.32 Å². The van der Waals surface area contributed by atoms with Gasteiger partial charge in [-0.25, -0.2) is 0 Å². The molecule has 152 valence electrons. The molecule has 1 saturated heterocycles. The highest BCUT2D eigenvalue weighted by molar-refractivity contribution is 6.00. The Kier molecular flexibility index (Phi) is 5.71. The molecule has 7 nitrogen and oxygen atoms in total. The van der Waals surface area contributed by atoms with Gasteiger partial charge in [-0.1, -0.05) is 19.3 Å². The van der Waals surface area contributed by atoms with Crippen LogP contribution in [0.3, 0.4) is 0 Å². The topological polar surface area (TPSA) is 93.9 Å². The van der Waals surface area contributed by atoms with Crippen LogP contribution < -0.4 is 25.4 Å². The smallest absolute Gasteiger partial charge is 0.227 e. The molecule has 1 aliphatic carbocycles. The molecule has 2 fully saturated rings. The average molecular weight is 387 g/mol. The van der Waals surface area contributed by atoms with Crippen molar-refractivity contribution in [3.05, 3.63) is 18.2 Å². The number of ether oxygens (including phenoxy) is 2. The summed E-state index contributed by atoms with van der Waals surface area (Å²) in [6, 6.07) is 5.48. The molecule has 1 aromatic carbocycles. The number of benzene rings is 1. The summed E-state index contributed by atoms with van der Waals surface area (Å²) in [7, 11) is 0. The minimum absolute atomic E-state index is 0.00578. The maximum Gasteiger partial charge on any atom is 0.227 e. The summed E-state index contributed by atoms with van der Waals surface area (Å²) in [5.74, 6) is 1.33. The molecular weight excluding hydrogens is 358 g/mol. The van der Waals surface area contributed by atoms with Crippen LogP contribution in [0, 0.1) is 11.8 Å². The van der Waals surface area contributed by atoms with Gasteiger partial charge in [0.2, 0.25) is 11.8 Å². The lowest BCUT2D eigenvalue weighted by atomic mass is 9.83. The van der Waals surface area contributed by atoms with Crippen LogP contribution in [0.15, 0.2) is 18.2 Å². The maximum atomic E-state index is 12.8. The molecule has 0 spiro atoms. The van der Waals surface area contributed by atoms with Gasteiger partial charge in [0.1, 0.15) is 13.2 Å². The van der Waals surface area contributed by atoms with Crippen LogP contribution in [0.4, 0.5) is 5.69 Å². The average Bonchev–Trinajstić information content (AvgIpc) is 3.14. The Morgan fingerprint density at radius 1 is 1.18 bits per heavy atom. The fourth-order valence-electron chi connectivity index (χ4n) is 4.54. The van der Waals surface area contributed by atoms with E-state index in [2.05, 4.69) is 5.32 Å². The molecule has 2 heterocycles. The van der Waals surface area contributed by atoms with Gasteiger partial charge in [0, 0.05) is 37.3 Å². The highest BCUT2D eigenvalue weighted by Crippen LogP contribution is 2.36. The van der Waals surface area contributed by atoms with Crippen LogP contribution in [-0.2, 0) is 9.59 Å². The van der Waals surface area contributed by atoms with E-state index in [1.54, 1.807) is 4.90 Å². The Balaban J connectivity index is 1.40. The highest BCUT2D eigenvalue weighted by Gasteiger charge is 2.37. The summed E-state index contributed by atoms with van der Waals surface area (Å²) in [5, 5.41) is 3.13. The second kappa shape index (κ2) is 8.39. The molecule has 7 heteroatoms. The van der Waals surface area contributed by atoms with Crippen molar-refractivity contribution in [3.63, 3.8) is 0 Å². The number of nitrogens with two attached hydrogens (primary N) is 1. The van der Waals surface area contributed by atoms with Gasteiger partial charge in [-0.3, -0.25) is 9.59 Å². The SMILES string of the molecule is NCC(NC(=O)C1CC(=O)N(c2ccc3c(c2)OCCO3)C1)C1CCCCC1. The molecule has 3 aliphatic rings. The molecule has 4 rings (SSSR count). The van der Waals surface area contributed by atoms with Crippen LogP contribution in [0.5, 0.6) is 11.5 Å². The number of nitrogens with one attached hydrogen (secondary N) is 1. The molecule has 0 bridgehead atoms. The van der Waals surface area contributed by atoms with E-state index >= 15 is 0 Å². The Hall–Kier alpha value is -2.28. The Bertz CT molecular complexity index is 732. The quantitative estimate of drug-likeness (QED) is 0.804. The predicted molar refractivity (Wildman–Crippen MR) is 105 cm³/mol. The third-order valence-electron chi connectivity index (χ3n) is 6.13. The van der Waals surface area contributed by atoms with Gasteiger partial charge in [0.15, 0.2) is 11.5 Å². The monoisotopic (exact) mass is 387 g/mol. The minimum Gasteiger partial charge on any atom is -0.486 e. The zero-order chi connectivity index (χ0) is 19.5. The van der Waals surface area contributed by atoms with E-state index in [1.165, 1.54) is 19.3 Å². The van der Waals surface area contributed by atoms with Crippen molar-refractivity contribution < 1.29 is 19.1 Å². The van der Waals surface area contributed by atoms with Crippen molar-refractivity contribution in [2.45, 2.75) is 44.6 Å². The van der Waals surface area contributed by atoms with E-state index < -0.39 is 0 Å². The van der Waals surface area contributed by atoms with Crippen molar-refractivity contribution in [1.29, 1.82) is 0 Å². The van der Waals surface area contributed by atoms with Crippen molar-refractivity contribution in [3.8, 4) is 11.5 Å². The number of rotatable bonds is 5. The second-order valence-corrected chi connectivity index (χ2v) is 7.98. The van der Waals surface area contributed by atoms with Gasteiger partial charge in [0.25, 0.3) is 0 Å². The third kappa shape index (κ3) is 3.94. The molecule has 2 unspecified atom stereocenters. The number of anilines is 1. The number of amides is 2. The van der Waals surface area contributed by atoms with Gasteiger partial charge in [0.05, 0.1) is 5.92 Å². The first-order valence-corrected chi connectivity index (χ1v) is 10.4. The van der Waals surface area contributed by atoms with E-state index in [4.69, 9.17) is 15.2 Å². The van der Waals surface area contributed by atoms with Gasteiger partial charge in [-0.05, 0) is 30.9 Å². The molecule has 0 radical (unpaired) electrons. The summed E-state index contributed by atoms with van der Waals surface area (Å²) in [6.07, 6.45) is 6.14. The Labute approximate surface area is 165 Å². The van der Waals surface area contributed by atoms with E-state index in [1.807, 2.05) is 18.2 Å². The predicted octanol–water partition coefficient (Wildman–Crippen LogP) is 1.83. The highest BCUT2D eigenvalue weighted by atomic mass is 16.6. The maximum absolute atomic E-state index is 12.8. The number of fused-ring (bicyclic) bond motifs is 1. The summed E-state index contributed by atoms with van der Waals surface area (Å²) < 4.78 is 11.1. The number of carbonyl (C=O) groups is 2. The molecular formula is C21H29N3O4. The Morgan fingerprint density at radius 2 is 1.93 bits per heavy atom. The third-order valence-corrected chi connectivity index (χ3v) is 6.13. The lowest BCUT2D eigenvalue weighted by Gasteiger charge is -2.30. The fraction of sp³-hybridized carbons (Fsp3) is 0.619. The van der Waals surface area contributed by atoms with Crippen LogP contribution in [0.2, 0.25) is 0 Å². The van der Waals surface area contributed by atoms with Crippen LogP contribution in [-0.4, -0.2) is 44.2 Å². The molecule has 28 heavy (non-hydrogen) atoms. The summed E-state index contributed by atoms with van der Waals surface area (Å²) in [6.45, 7) is 1.85. The van der Waals surface area contributed by atoms with Crippen LogP contribution in [0.1, 0.15) is 38.5 Å². The molecule has 3 N–H and O–H groups in total. The largest absolute Gasteiger partial charge is 0.486 e. The molecule has 2 aliphatic heterocycles. The minimum atomic E-state index is -0.349. The number of nitrogens with zero attached hydrogens (tertiary/aromatic N) is 1. The number of hydrogen-bond donors (Lipinski definition) is 2. The summed E-state index contributed by atoms with van der Waals surface area (Å²) in [4.78, 5) is 27.1. The zero-order valence-corrected chi connectivity index (χ0v) is 16.2. The summed E-state index contributed by atoms with van der Waals surface area (Å²) in [5.41, 5.74) is 6.69. The first kappa shape index (κ1) is 19.1. The Morgan fingerprint density at radius 3 is 2.68 bits per heavy atom. The van der Waals surface area contributed by atoms with Crippen molar-refractivity contribution in [2.75, 3.05) is 31.2 Å². The fourth-order valence-corrected chi connectivity index (χ4v) is 4.54. The molecule has 1 aromatic rings. The number of carbonyl (C=O) groups excluding carboxylic acids is 2. The normalized spacial score (nSPS) is 23.5. The molecule has 0 aromatic heterocycles. The molecule has 2 atom stereocenters. The molecule has 2 amide bonds. The van der Waals surface area contributed by atoms with Gasteiger partial charge in [-0.15, -0.1) is 0 Å². The lowest BCUT2D eigenvalue weighted by molar-refractivity contribution is -0.127. The van der Waals surface area contributed by atoms with Crippen molar-refractivity contribution >= 4 is 17.5 Å². The van der Waals surface area contributed by atoms with E-state index in [0.29, 0.717) is 43.7 Å². The van der Waals surface area contributed by atoms with E-state index in [-0.39, 0.29) is 30.2 Å². The van der Waals surface area contributed by atoms with E-state index in [0.717, 1.165) is 18.5 Å². The van der Waals surface area contributed by atoms with Crippen LogP contribution in [0.25, 0.3) is 0 Å². The van der Waals surface area contributed by atoms with Gasteiger partial charge < -0.3 is 25.4 Å². The standard InChI is InChI=1S/C21H29N3O4/c22-12-17(14-4-2-1-3-5-14)23-21(26)15-10-20(25)24(13-15)16-6-7-18-19(11-16)28-9-8-27-18/h6-7,11,14-15,17H,1-5,8-10,12-13,22H2,(H,23,26).